The second kappa shape index (κ2) is 5.90. The third kappa shape index (κ3) is 3.24. The molecule has 0 fully saturated rings. The van der Waals surface area contributed by atoms with E-state index in [2.05, 4.69) is 13.0 Å². The normalized spacial score (nSPS) is 10.2. The number of rotatable bonds is 4. The average Bonchev–Trinajstić information content (AvgIpc) is 2.23. The lowest BCUT2D eigenvalue weighted by molar-refractivity contribution is -0.116. The quantitative estimate of drug-likeness (QED) is 0.739. The summed E-state index contributed by atoms with van der Waals surface area (Å²) in [6.07, 6.45) is 0.926. The Balaban J connectivity index is 3.04. The van der Waals surface area contributed by atoms with Crippen LogP contribution in [0.25, 0.3) is 0 Å². The average molecular weight is 240 g/mol. The van der Waals surface area contributed by atoms with E-state index < -0.39 is 0 Å². The molecule has 1 aromatic carbocycles. The third-order valence-electron chi connectivity index (χ3n) is 2.38. The first-order valence-corrected chi connectivity index (χ1v) is 6.06. The van der Waals surface area contributed by atoms with E-state index in [0.717, 1.165) is 12.1 Å². The van der Waals surface area contributed by atoms with Gasteiger partial charge in [-0.2, -0.15) is 0 Å². The summed E-state index contributed by atoms with van der Waals surface area (Å²) < 4.78 is 0. The minimum absolute atomic E-state index is 0.0338. The summed E-state index contributed by atoms with van der Waals surface area (Å²) in [5.41, 5.74) is 3.28. The molecular formula is C13H18ClNO. The van der Waals surface area contributed by atoms with Crippen molar-refractivity contribution < 1.29 is 4.79 Å². The van der Waals surface area contributed by atoms with Crippen LogP contribution in [0.4, 0.5) is 5.69 Å². The van der Waals surface area contributed by atoms with E-state index in [1.165, 1.54) is 11.1 Å². The third-order valence-corrected chi connectivity index (χ3v) is 2.61. The molecule has 0 bridgehead atoms. The zero-order valence-corrected chi connectivity index (χ0v) is 10.8. The zero-order chi connectivity index (χ0) is 12.1. The monoisotopic (exact) mass is 239 g/mol. The Kier molecular flexibility index (Phi) is 4.81. The Morgan fingerprint density at radius 3 is 2.25 bits per heavy atom. The Labute approximate surface area is 102 Å². The summed E-state index contributed by atoms with van der Waals surface area (Å²) in [7, 11) is 0. The van der Waals surface area contributed by atoms with Crippen molar-refractivity contribution in [3.05, 3.63) is 29.3 Å². The van der Waals surface area contributed by atoms with Gasteiger partial charge in [-0.1, -0.05) is 13.0 Å². The van der Waals surface area contributed by atoms with Gasteiger partial charge in [0.1, 0.15) is 5.88 Å². The van der Waals surface area contributed by atoms with Crippen molar-refractivity contribution in [3.63, 3.8) is 0 Å². The number of alkyl halides is 1. The molecule has 0 aliphatic carbocycles. The molecule has 0 aliphatic rings. The van der Waals surface area contributed by atoms with Gasteiger partial charge >= 0.3 is 0 Å². The molecule has 3 heteroatoms. The van der Waals surface area contributed by atoms with Crippen LogP contribution in [0.1, 0.15) is 24.5 Å². The molecule has 0 aliphatic heterocycles. The van der Waals surface area contributed by atoms with Crippen molar-refractivity contribution in [1.82, 2.24) is 0 Å². The van der Waals surface area contributed by atoms with Crippen LogP contribution in [0.3, 0.4) is 0 Å². The molecule has 0 unspecified atom stereocenters. The van der Waals surface area contributed by atoms with E-state index in [-0.39, 0.29) is 11.8 Å². The second-order valence-corrected chi connectivity index (χ2v) is 4.29. The van der Waals surface area contributed by atoms with Crippen molar-refractivity contribution in [3.8, 4) is 0 Å². The fraction of sp³-hybridized carbons (Fsp3) is 0.462. The van der Waals surface area contributed by atoms with Gasteiger partial charge in [0.05, 0.1) is 0 Å². The number of carbonyl (C=O) groups excluding carboxylic acids is 1. The lowest BCUT2D eigenvalue weighted by Crippen LogP contribution is -2.32. The first-order chi connectivity index (χ1) is 7.58. The molecule has 0 spiro atoms. The molecular weight excluding hydrogens is 222 g/mol. The van der Waals surface area contributed by atoms with Gasteiger partial charge in [-0.25, -0.2) is 0 Å². The second-order valence-electron chi connectivity index (χ2n) is 4.02. The molecule has 1 rings (SSSR count). The molecule has 2 nitrogen and oxygen atoms in total. The molecule has 0 saturated carbocycles. The van der Waals surface area contributed by atoms with Gasteiger partial charge in [0.25, 0.3) is 0 Å². The van der Waals surface area contributed by atoms with Crippen molar-refractivity contribution in [1.29, 1.82) is 0 Å². The van der Waals surface area contributed by atoms with Gasteiger partial charge in [0, 0.05) is 12.2 Å². The fourth-order valence-corrected chi connectivity index (χ4v) is 1.94. The summed E-state index contributed by atoms with van der Waals surface area (Å²) >= 11 is 5.62. The number of nitrogens with zero attached hydrogens (tertiary/aromatic N) is 1. The van der Waals surface area contributed by atoms with Crippen molar-refractivity contribution in [2.75, 3.05) is 17.3 Å². The van der Waals surface area contributed by atoms with Gasteiger partial charge < -0.3 is 4.90 Å². The number of aryl methyl sites for hydroxylation is 2. The van der Waals surface area contributed by atoms with E-state index in [1.807, 2.05) is 26.0 Å². The Morgan fingerprint density at radius 2 is 1.81 bits per heavy atom. The Hall–Kier alpha value is -1.02. The van der Waals surface area contributed by atoms with Crippen LogP contribution in [0.5, 0.6) is 0 Å². The zero-order valence-electron chi connectivity index (χ0n) is 10.1. The van der Waals surface area contributed by atoms with Crippen LogP contribution in [-0.4, -0.2) is 18.3 Å². The number of carbonyl (C=O) groups is 1. The first-order valence-electron chi connectivity index (χ1n) is 5.53. The largest absolute Gasteiger partial charge is 0.311 e. The van der Waals surface area contributed by atoms with Gasteiger partial charge in [-0.05, 0) is 43.5 Å². The van der Waals surface area contributed by atoms with Crippen LogP contribution in [-0.2, 0) is 4.79 Å². The van der Waals surface area contributed by atoms with E-state index in [9.17, 15) is 4.79 Å². The number of hydrogen-bond donors (Lipinski definition) is 0. The van der Waals surface area contributed by atoms with Crippen LogP contribution in [0, 0.1) is 13.8 Å². The highest BCUT2D eigenvalue weighted by Gasteiger charge is 2.13. The maximum Gasteiger partial charge on any atom is 0.241 e. The summed E-state index contributed by atoms with van der Waals surface area (Å²) in [4.78, 5) is 13.5. The lowest BCUT2D eigenvalue weighted by Gasteiger charge is -2.22. The predicted molar refractivity (Wildman–Crippen MR) is 69.3 cm³/mol. The number of benzene rings is 1. The van der Waals surface area contributed by atoms with Crippen LogP contribution < -0.4 is 4.90 Å². The van der Waals surface area contributed by atoms with Crippen molar-refractivity contribution in [2.45, 2.75) is 27.2 Å². The maximum absolute atomic E-state index is 11.7. The van der Waals surface area contributed by atoms with Crippen LogP contribution >= 0.6 is 11.6 Å². The van der Waals surface area contributed by atoms with E-state index in [0.29, 0.717) is 6.54 Å². The number of halogens is 1. The summed E-state index contributed by atoms with van der Waals surface area (Å²) in [5, 5.41) is 0. The highest BCUT2D eigenvalue weighted by molar-refractivity contribution is 6.29. The molecule has 0 aromatic heterocycles. The lowest BCUT2D eigenvalue weighted by atomic mass is 10.1. The number of anilines is 1. The van der Waals surface area contributed by atoms with Crippen LogP contribution in [0.15, 0.2) is 18.2 Å². The maximum atomic E-state index is 11.7. The van der Waals surface area contributed by atoms with Gasteiger partial charge in [0.2, 0.25) is 5.91 Å². The molecule has 0 radical (unpaired) electrons. The van der Waals surface area contributed by atoms with Gasteiger partial charge in [0.15, 0.2) is 0 Å². The topological polar surface area (TPSA) is 20.3 Å². The van der Waals surface area contributed by atoms with E-state index in [1.54, 1.807) is 4.90 Å². The Bertz CT molecular complexity index is 356. The summed E-state index contributed by atoms with van der Waals surface area (Å²) in [5.74, 6) is 0.000931. The molecule has 0 saturated heterocycles. The van der Waals surface area contributed by atoms with Gasteiger partial charge in [-0.3, -0.25) is 4.79 Å². The molecule has 0 heterocycles. The van der Waals surface area contributed by atoms with Gasteiger partial charge in [-0.15, -0.1) is 11.6 Å². The standard InChI is InChI=1S/C13H18ClNO/c1-4-5-15(13(16)9-14)12-7-10(2)6-11(3)8-12/h6-8H,4-5,9H2,1-3H3. The highest BCUT2D eigenvalue weighted by atomic mass is 35.5. The summed E-state index contributed by atoms with van der Waals surface area (Å²) in [6.45, 7) is 6.84. The SMILES string of the molecule is CCCN(C(=O)CCl)c1cc(C)cc(C)c1. The van der Waals surface area contributed by atoms with Crippen LogP contribution in [0.2, 0.25) is 0 Å². The summed E-state index contributed by atoms with van der Waals surface area (Å²) in [6, 6.07) is 6.14. The fourth-order valence-electron chi connectivity index (χ4n) is 1.80. The smallest absolute Gasteiger partial charge is 0.241 e. The Morgan fingerprint density at radius 1 is 1.25 bits per heavy atom. The molecule has 88 valence electrons. The van der Waals surface area contributed by atoms with E-state index >= 15 is 0 Å². The molecule has 16 heavy (non-hydrogen) atoms. The minimum atomic E-state index is -0.0338. The molecule has 0 N–H and O–H groups in total. The molecule has 1 aromatic rings. The van der Waals surface area contributed by atoms with E-state index in [4.69, 9.17) is 11.6 Å². The molecule has 1 amide bonds. The number of amides is 1. The minimum Gasteiger partial charge on any atom is -0.311 e. The molecule has 0 atom stereocenters. The van der Waals surface area contributed by atoms with Crippen molar-refractivity contribution >= 4 is 23.2 Å². The van der Waals surface area contributed by atoms with Crippen molar-refractivity contribution in [2.24, 2.45) is 0 Å². The first kappa shape index (κ1) is 13.0. The predicted octanol–water partition coefficient (Wildman–Crippen LogP) is 3.29. The highest BCUT2D eigenvalue weighted by Crippen LogP contribution is 2.19. The number of hydrogen-bond acceptors (Lipinski definition) is 1.